The quantitative estimate of drug-likeness (QED) is 0.381. The van der Waals surface area contributed by atoms with Gasteiger partial charge in [-0.3, -0.25) is 14.5 Å². The average Bonchev–Trinajstić information content (AvgIpc) is 3.01. The molecule has 2 amide bonds. The molecule has 3 fully saturated rings. The maximum absolute atomic E-state index is 14.9. The number of benzene rings is 2. The van der Waals surface area contributed by atoms with Crippen molar-refractivity contribution in [3.05, 3.63) is 54.4 Å². The topological polar surface area (TPSA) is 157 Å². The summed E-state index contributed by atoms with van der Waals surface area (Å²) in [4.78, 5) is 43.0. The van der Waals surface area contributed by atoms with Crippen molar-refractivity contribution in [3.63, 3.8) is 0 Å². The Morgan fingerprint density at radius 1 is 1.18 bits per heavy atom. The summed E-state index contributed by atoms with van der Waals surface area (Å²) in [6, 6.07) is 14.7. The standard InChI is InChI=1S/C31H33FN8O5/c1-19(41)30(43)39-9-8-27(25(32)14-39)45-26-7-2-20(12-21(26)13-33)29-34-18-35-31(37-29)36-22-3-5-23(6-4-22)40-11-10-38(15-28(40)42)24-16-44-17-24/h2-7,12,18-19,24-25,27,41H,8-11,14-17H2,1H3,(H,34,35,36,37)/t19-,25+,27-/m0/s1. The lowest BCUT2D eigenvalue weighted by molar-refractivity contribution is -0.143. The summed E-state index contributed by atoms with van der Waals surface area (Å²) >= 11 is 0. The van der Waals surface area contributed by atoms with Crippen molar-refractivity contribution >= 4 is 29.1 Å². The van der Waals surface area contributed by atoms with Crippen molar-refractivity contribution in [1.82, 2.24) is 24.8 Å². The molecule has 2 N–H and O–H groups in total. The molecule has 3 aliphatic rings. The minimum Gasteiger partial charge on any atom is -0.486 e. The van der Waals surface area contributed by atoms with Crippen LogP contribution in [0.1, 0.15) is 18.9 Å². The van der Waals surface area contributed by atoms with E-state index in [1.807, 2.05) is 24.3 Å². The number of carbonyl (C=O) groups excluding carboxylic acids is 2. The molecule has 0 unspecified atom stereocenters. The molecular weight excluding hydrogens is 583 g/mol. The second-order valence-corrected chi connectivity index (χ2v) is 11.3. The summed E-state index contributed by atoms with van der Waals surface area (Å²) in [6.07, 6.45) is -1.94. The van der Waals surface area contributed by atoms with Crippen LogP contribution in [0, 0.1) is 11.3 Å². The highest BCUT2D eigenvalue weighted by atomic mass is 19.1. The normalized spacial score (nSPS) is 21.5. The monoisotopic (exact) mass is 616 g/mol. The first-order chi connectivity index (χ1) is 21.8. The maximum atomic E-state index is 14.9. The summed E-state index contributed by atoms with van der Waals surface area (Å²) in [5.74, 6) is 0.359. The van der Waals surface area contributed by atoms with Crippen LogP contribution in [0.15, 0.2) is 48.8 Å². The van der Waals surface area contributed by atoms with Gasteiger partial charge in [0.1, 0.15) is 30.4 Å². The van der Waals surface area contributed by atoms with E-state index in [2.05, 4.69) is 31.2 Å². The van der Waals surface area contributed by atoms with Gasteiger partial charge in [0.2, 0.25) is 11.9 Å². The SMILES string of the molecule is C[C@H](O)C(=O)N1CC[C@H](Oc2ccc(-c3ncnc(Nc4ccc(N5CCN(C6COC6)CC5=O)cc4)n3)cc2C#N)[C@H](F)C1. The van der Waals surface area contributed by atoms with Gasteiger partial charge in [0.15, 0.2) is 12.0 Å². The largest absolute Gasteiger partial charge is 0.486 e. The summed E-state index contributed by atoms with van der Waals surface area (Å²) in [6.45, 7) is 4.57. The third kappa shape index (κ3) is 6.70. The first kappa shape index (κ1) is 30.3. The highest BCUT2D eigenvalue weighted by Crippen LogP contribution is 2.29. The third-order valence-corrected chi connectivity index (χ3v) is 8.18. The highest BCUT2D eigenvalue weighted by Gasteiger charge is 2.35. The number of aliphatic hydroxyl groups is 1. The van der Waals surface area contributed by atoms with Crippen molar-refractivity contribution < 1.29 is 28.6 Å². The molecule has 3 aliphatic heterocycles. The number of anilines is 3. The Hall–Kier alpha value is -4.71. The van der Waals surface area contributed by atoms with E-state index in [0.29, 0.717) is 43.7 Å². The molecule has 0 saturated carbocycles. The van der Waals surface area contributed by atoms with Crippen LogP contribution in [0.2, 0.25) is 0 Å². The predicted molar refractivity (Wildman–Crippen MR) is 160 cm³/mol. The number of aromatic nitrogens is 3. The summed E-state index contributed by atoms with van der Waals surface area (Å²) in [5.41, 5.74) is 2.26. The fraction of sp³-hybridized carbons (Fsp3) is 0.419. The van der Waals surface area contributed by atoms with Gasteiger partial charge >= 0.3 is 0 Å². The minimum atomic E-state index is -1.47. The van der Waals surface area contributed by atoms with Crippen LogP contribution in [0.3, 0.4) is 0 Å². The molecule has 1 aromatic heterocycles. The molecule has 0 aliphatic carbocycles. The lowest BCUT2D eigenvalue weighted by Crippen LogP contribution is -2.58. The van der Waals surface area contributed by atoms with Crippen LogP contribution < -0.4 is 15.0 Å². The number of likely N-dealkylation sites (tertiary alicyclic amines) is 1. The molecule has 14 heteroatoms. The first-order valence-electron chi connectivity index (χ1n) is 14.8. The number of piperidine rings is 1. The Morgan fingerprint density at radius 2 is 1.98 bits per heavy atom. The first-order valence-corrected chi connectivity index (χ1v) is 14.8. The van der Waals surface area contributed by atoms with E-state index in [9.17, 15) is 24.3 Å². The number of hydrogen-bond donors (Lipinski definition) is 2. The van der Waals surface area contributed by atoms with Crippen molar-refractivity contribution in [3.8, 4) is 23.2 Å². The number of amides is 2. The zero-order valence-electron chi connectivity index (χ0n) is 24.7. The van der Waals surface area contributed by atoms with Crippen LogP contribution >= 0.6 is 0 Å². The van der Waals surface area contributed by atoms with Crippen LogP contribution in [-0.2, 0) is 14.3 Å². The summed E-state index contributed by atoms with van der Waals surface area (Å²) in [5, 5.41) is 22.5. The number of carbonyl (C=O) groups is 2. The Labute approximate surface area is 259 Å². The second kappa shape index (κ2) is 13.1. The minimum absolute atomic E-state index is 0.0585. The zero-order valence-corrected chi connectivity index (χ0v) is 24.7. The van der Waals surface area contributed by atoms with Crippen molar-refractivity contribution in [2.24, 2.45) is 0 Å². The molecule has 13 nitrogen and oxygen atoms in total. The fourth-order valence-electron chi connectivity index (χ4n) is 5.56. The van der Waals surface area contributed by atoms with Gasteiger partial charge in [-0.05, 0) is 49.4 Å². The highest BCUT2D eigenvalue weighted by molar-refractivity contribution is 5.95. The van der Waals surface area contributed by atoms with E-state index in [-0.39, 0.29) is 42.7 Å². The van der Waals surface area contributed by atoms with Gasteiger partial charge in [0.25, 0.3) is 5.91 Å². The third-order valence-electron chi connectivity index (χ3n) is 8.18. The van der Waals surface area contributed by atoms with E-state index in [0.717, 1.165) is 17.9 Å². The van der Waals surface area contributed by atoms with E-state index in [4.69, 9.17) is 9.47 Å². The van der Waals surface area contributed by atoms with Crippen LogP contribution in [0.4, 0.5) is 21.7 Å². The van der Waals surface area contributed by atoms with E-state index in [1.165, 1.54) is 18.2 Å². The van der Waals surface area contributed by atoms with Gasteiger partial charge in [-0.2, -0.15) is 10.2 Å². The maximum Gasteiger partial charge on any atom is 0.251 e. The molecule has 2 aromatic carbocycles. The molecule has 4 heterocycles. The molecule has 3 atom stereocenters. The molecule has 3 saturated heterocycles. The van der Waals surface area contributed by atoms with Crippen LogP contribution in [0.25, 0.3) is 11.4 Å². The van der Waals surface area contributed by atoms with Crippen molar-refractivity contribution in [1.29, 1.82) is 5.26 Å². The predicted octanol–water partition coefficient (Wildman–Crippen LogP) is 1.90. The van der Waals surface area contributed by atoms with Gasteiger partial charge in [0.05, 0.1) is 37.9 Å². The number of rotatable bonds is 8. The van der Waals surface area contributed by atoms with Gasteiger partial charge in [0, 0.05) is 43.0 Å². The second-order valence-electron chi connectivity index (χ2n) is 11.3. The molecule has 0 radical (unpaired) electrons. The number of nitriles is 1. The zero-order chi connectivity index (χ0) is 31.5. The summed E-state index contributed by atoms with van der Waals surface area (Å²) < 4.78 is 26.0. The van der Waals surface area contributed by atoms with E-state index >= 15 is 0 Å². The lowest BCUT2D eigenvalue weighted by atomic mass is 10.0. The number of aliphatic hydroxyl groups excluding tert-OH is 1. The molecule has 6 rings (SSSR count). The molecule has 0 bridgehead atoms. The molecular formula is C31H33FN8O5. The number of piperazine rings is 1. The van der Waals surface area contributed by atoms with Crippen LogP contribution in [0.5, 0.6) is 5.75 Å². The van der Waals surface area contributed by atoms with E-state index in [1.54, 1.807) is 23.1 Å². The Morgan fingerprint density at radius 3 is 2.64 bits per heavy atom. The molecule has 0 spiro atoms. The Balaban J connectivity index is 1.09. The molecule has 3 aromatic rings. The Kier molecular flexibility index (Phi) is 8.83. The molecule has 45 heavy (non-hydrogen) atoms. The van der Waals surface area contributed by atoms with Crippen molar-refractivity contribution in [2.45, 2.75) is 37.8 Å². The van der Waals surface area contributed by atoms with Gasteiger partial charge in [-0.25, -0.2) is 14.4 Å². The van der Waals surface area contributed by atoms with Gasteiger partial charge in [-0.1, -0.05) is 0 Å². The number of ether oxygens (including phenoxy) is 2. The number of nitrogens with zero attached hydrogens (tertiary/aromatic N) is 7. The number of halogens is 1. The van der Waals surface area contributed by atoms with E-state index < -0.39 is 24.3 Å². The smallest absolute Gasteiger partial charge is 0.251 e. The summed E-state index contributed by atoms with van der Waals surface area (Å²) in [7, 11) is 0. The van der Waals surface area contributed by atoms with Gasteiger partial charge in [-0.15, -0.1) is 0 Å². The van der Waals surface area contributed by atoms with Crippen molar-refractivity contribution in [2.75, 3.05) is 56.2 Å². The Bertz CT molecular complexity index is 1600. The van der Waals surface area contributed by atoms with Crippen LogP contribution in [-0.4, -0.2) is 112 Å². The number of alkyl halides is 1. The fourth-order valence-corrected chi connectivity index (χ4v) is 5.56. The lowest BCUT2D eigenvalue weighted by Gasteiger charge is -2.42. The van der Waals surface area contributed by atoms with Gasteiger partial charge < -0.3 is 29.7 Å². The molecule has 234 valence electrons. The average molecular weight is 617 g/mol. The number of hydrogen-bond acceptors (Lipinski definition) is 11. The number of nitrogens with one attached hydrogen (secondary N) is 1.